The number of allylic oxidation sites excluding steroid dienone is 2. The number of hydrogen-bond donors (Lipinski definition) is 1. The van der Waals surface area contributed by atoms with E-state index in [1.165, 1.54) is 0 Å². The third-order valence-electron chi connectivity index (χ3n) is 2.26. The SMILES string of the molecule is CC=Cc1cccc(C=CC)c1C=CC(=O)O. The number of carboxylic acids is 1. The van der Waals surface area contributed by atoms with Crippen LogP contribution in [0.2, 0.25) is 0 Å². The molecule has 1 rings (SSSR count). The minimum atomic E-state index is -0.938. The minimum Gasteiger partial charge on any atom is -0.478 e. The van der Waals surface area contributed by atoms with E-state index in [0.29, 0.717) is 0 Å². The molecule has 2 nitrogen and oxygen atoms in total. The first-order chi connectivity index (χ1) is 8.19. The van der Waals surface area contributed by atoms with Crippen LogP contribution in [-0.4, -0.2) is 11.1 Å². The Bertz CT molecular complexity index is 449. The van der Waals surface area contributed by atoms with Crippen molar-refractivity contribution in [3.05, 3.63) is 53.1 Å². The maximum Gasteiger partial charge on any atom is 0.328 e. The molecule has 0 aliphatic rings. The average molecular weight is 228 g/mol. The maximum atomic E-state index is 10.6. The predicted octanol–water partition coefficient (Wildman–Crippen LogP) is 3.85. The molecule has 1 aromatic carbocycles. The van der Waals surface area contributed by atoms with Crippen LogP contribution in [-0.2, 0) is 4.79 Å². The second-order valence-corrected chi connectivity index (χ2v) is 3.52. The van der Waals surface area contributed by atoms with Gasteiger partial charge in [-0.1, -0.05) is 42.5 Å². The van der Waals surface area contributed by atoms with E-state index < -0.39 is 5.97 Å². The molecule has 1 N–H and O–H groups in total. The highest BCUT2D eigenvalue weighted by molar-refractivity contribution is 5.87. The summed E-state index contributed by atoms with van der Waals surface area (Å²) in [6, 6.07) is 5.89. The van der Waals surface area contributed by atoms with Crippen molar-refractivity contribution < 1.29 is 9.90 Å². The van der Waals surface area contributed by atoms with Crippen molar-refractivity contribution >= 4 is 24.2 Å². The number of aliphatic carboxylic acids is 1. The van der Waals surface area contributed by atoms with Crippen LogP contribution in [0, 0.1) is 0 Å². The molecule has 0 bridgehead atoms. The molecule has 0 atom stereocenters. The average Bonchev–Trinajstić information content (AvgIpc) is 2.29. The summed E-state index contributed by atoms with van der Waals surface area (Å²) in [5.41, 5.74) is 2.95. The molecular formula is C15H16O2. The van der Waals surface area contributed by atoms with Crippen LogP contribution >= 0.6 is 0 Å². The van der Waals surface area contributed by atoms with E-state index in [9.17, 15) is 4.79 Å². The lowest BCUT2D eigenvalue weighted by Crippen LogP contribution is -1.90. The van der Waals surface area contributed by atoms with E-state index >= 15 is 0 Å². The summed E-state index contributed by atoms with van der Waals surface area (Å²) in [6.45, 7) is 3.88. The molecular weight excluding hydrogens is 212 g/mol. The molecule has 0 aromatic heterocycles. The first kappa shape index (κ1) is 13.0. The summed E-state index contributed by atoms with van der Waals surface area (Å²) in [7, 11) is 0. The van der Waals surface area contributed by atoms with Crippen molar-refractivity contribution in [3.8, 4) is 0 Å². The lowest BCUT2D eigenvalue weighted by atomic mass is 9.99. The molecule has 0 amide bonds. The van der Waals surface area contributed by atoms with Crippen LogP contribution in [0.4, 0.5) is 0 Å². The van der Waals surface area contributed by atoms with Gasteiger partial charge in [-0.25, -0.2) is 4.79 Å². The number of rotatable bonds is 4. The summed E-state index contributed by atoms with van der Waals surface area (Å²) in [5.74, 6) is -0.938. The number of hydrogen-bond acceptors (Lipinski definition) is 1. The first-order valence-corrected chi connectivity index (χ1v) is 5.48. The minimum absolute atomic E-state index is 0.922. The van der Waals surface area contributed by atoms with Crippen molar-refractivity contribution in [1.29, 1.82) is 0 Å². The Morgan fingerprint density at radius 3 is 2.00 bits per heavy atom. The van der Waals surface area contributed by atoms with Crippen LogP contribution in [0.1, 0.15) is 30.5 Å². The zero-order chi connectivity index (χ0) is 12.7. The number of carbonyl (C=O) groups is 1. The van der Waals surface area contributed by atoms with Crippen molar-refractivity contribution in [2.75, 3.05) is 0 Å². The van der Waals surface area contributed by atoms with Gasteiger partial charge in [-0.2, -0.15) is 0 Å². The highest BCUT2D eigenvalue weighted by Crippen LogP contribution is 2.19. The van der Waals surface area contributed by atoms with Crippen molar-refractivity contribution in [1.82, 2.24) is 0 Å². The van der Waals surface area contributed by atoms with Gasteiger partial charge in [-0.3, -0.25) is 0 Å². The standard InChI is InChI=1S/C15H16O2/c1-3-6-12-8-5-9-13(7-4-2)14(12)10-11-15(16)17/h3-11H,1-2H3,(H,16,17). The largest absolute Gasteiger partial charge is 0.478 e. The van der Waals surface area contributed by atoms with Crippen molar-refractivity contribution in [2.24, 2.45) is 0 Å². The van der Waals surface area contributed by atoms with E-state index in [1.54, 1.807) is 6.08 Å². The van der Waals surface area contributed by atoms with Gasteiger partial charge in [0, 0.05) is 6.08 Å². The van der Waals surface area contributed by atoms with Crippen molar-refractivity contribution in [3.63, 3.8) is 0 Å². The lowest BCUT2D eigenvalue weighted by Gasteiger charge is -2.05. The Labute approximate surface area is 102 Å². The molecule has 0 aliphatic carbocycles. The van der Waals surface area contributed by atoms with Gasteiger partial charge >= 0.3 is 5.97 Å². The molecule has 0 radical (unpaired) electrons. The molecule has 88 valence electrons. The lowest BCUT2D eigenvalue weighted by molar-refractivity contribution is -0.131. The van der Waals surface area contributed by atoms with E-state index in [2.05, 4.69) is 0 Å². The number of carboxylic acid groups (broad SMARTS) is 1. The van der Waals surface area contributed by atoms with E-state index in [4.69, 9.17) is 5.11 Å². The monoisotopic (exact) mass is 228 g/mol. The molecule has 0 heterocycles. The Balaban J connectivity index is 3.32. The van der Waals surface area contributed by atoms with Crippen LogP contribution < -0.4 is 0 Å². The predicted molar refractivity (Wildman–Crippen MR) is 72.5 cm³/mol. The van der Waals surface area contributed by atoms with Gasteiger partial charge in [0.2, 0.25) is 0 Å². The summed E-state index contributed by atoms with van der Waals surface area (Å²) in [4.78, 5) is 10.6. The van der Waals surface area contributed by atoms with Crippen LogP contribution in [0.25, 0.3) is 18.2 Å². The molecule has 0 spiro atoms. The smallest absolute Gasteiger partial charge is 0.328 e. The topological polar surface area (TPSA) is 37.3 Å². The first-order valence-electron chi connectivity index (χ1n) is 5.48. The zero-order valence-electron chi connectivity index (χ0n) is 10.1. The fourth-order valence-corrected chi connectivity index (χ4v) is 1.60. The second kappa shape index (κ2) is 6.48. The van der Waals surface area contributed by atoms with Gasteiger partial charge < -0.3 is 5.11 Å². The summed E-state index contributed by atoms with van der Waals surface area (Å²) < 4.78 is 0. The zero-order valence-corrected chi connectivity index (χ0v) is 10.1. The Morgan fingerprint density at radius 2 is 1.59 bits per heavy atom. The second-order valence-electron chi connectivity index (χ2n) is 3.52. The summed E-state index contributed by atoms with van der Waals surface area (Å²) >= 11 is 0. The van der Waals surface area contributed by atoms with Crippen molar-refractivity contribution in [2.45, 2.75) is 13.8 Å². The Hall–Kier alpha value is -2.09. The highest BCUT2D eigenvalue weighted by atomic mass is 16.4. The molecule has 2 heteroatoms. The van der Waals surface area contributed by atoms with Crippen LogP contribution in [0.15, 0.2) is 36.4 Å². The fraction of sp³-hybridized carbons (Fsp3) is 0.133. The van der Waals surface area contributed by atoms with Gasteiger partial charge in [0.15, 0.2) is 0 Å². The molecule has 0 aliphatic heterocycles. The van der Waals surface area contributed by atoms with E-state index in [-0.39, 0.29) is 0 Å². The highest BCUT2D eigenvalue weighted by Gasteiger charge is 2.01. The molecule has 0 saturated heterocycles. The molecule has 0 unspecified atom stereocenters. The van der Waals surface area contributed by atoms with Gasteiger partial charge in [0.05, 0.1) is 0 Å². The molecule has 0 fully saturated rings. The van der Waals surface area contributed by atoms with Gasteiger partial charge in [-0.15, -0.1) is 0 Å². The Morgan fingerprint density at radius 1 is 1.06 bits per heavy atom. The summed E-state index contributed by atoms with van der Waals surface area (Å²) in [5, 5.41) is 8.69. The third kappa shape index (κ3) is 3.76. The quantitative estimate of drug-likeness (QED) is 0.795. The van der Waals surface area contributed by atoms with Gasteiger partial charge in [0.25, 0.3) is 0 Å². The molecule has 17 heavy (non-hydrogen) atoms. The summed E-state index contributed by atoms with van der Waals surface area (Å²) in [6.07, 6.45) is 10.6. The third-order valence-corrected chi connectivity index (χ3v) is 2.26. The number of benzene rings is 1. The normalized spacial score (nSPS) is 11.9. The van der Waals surface area contributed by atoms with E-state index in [0.717, 1.165) is 22.8 Å². The maximum absolute atomic E-state index is 10.6. The van der Waals surface area contributed by atoms with Gasteiger partial charge in [0.1, 0.15) is 0 Å². The van der Waals surface area contributed by atoms with Gasteiger partial charge in [-0.05, 0) is 36.6 Å². The Kier molecular flexibility index (Phi) is 4.95. The van der Waals surface area contributed by atoms with Crippen LogP contribution in [0.3, 0.4) is 0 Å². The fourth-order valence-electron chi connectivity index (χ4n) is 1.60. The molecule has 0 saturated carbocycles. The molecule has 1 aromatic rings. The van der Waals surface area contributed by atoms with Crippen LogP contribution in [0.5, 0.6) is 0 Å². The van der Waals surface area contributed by atoms with E-state index in [1.807, 2.05) is 56.4 Å².